The molecular weight excluding hydrogens is 202 g/mol. The van der Waals surface area contributed by atoms with Crippen molar-refractivity contribution in [2.75, 3.05) is 26.2 Å². The van der Waals surface area contributed by atoms with Crippen molar-refractivity contribution in [1.82, 2.24) is 15.0 Å². The minimum Gasteiger partial charge on any atom is -0.311 e. The summed E-state index contributed by atoms with van der Waals surface area (Å²) in [7, 11) is 0. The molecule has 3 atom stereocenters. The largest absolute Gasteiger partial charge is 0.322 e. The van der Waals surface area contributed by atoms with Gasteiger partial charge in [-0.15, -0.1) is 0 Å². The molecule has 1 spiro atoms. The molecule has 16 heavy (non-hydrogen) atoms. The van der Waals surface area contributed by atoms with E-state index in [0.29, 0.717) is 5.54 Å². The lowest BCUT2D eigenvalue weighted by atomic mass is 9.85. The van der Waals surface area contributed by atoms with E-state index in [1.54, 1.807) is 6.20 Å². The van der Waals surface area contributed by atoms with Gasteiger partial charge in [-0.3, -0.25) is 4.48 Å². The Bertz CT molecular complexity index is 396. The molecule has 0 aromatic carbocycles. The molecular formula is C12H18N3O+. The van der Waals surface area contributed by atoms with Crippen molar-refractivity contribution in [2.45, 2.75) is 24.8 Å². The smallest absolute Gasteiger partial charge is 0.311 e. The van der Waals surface area contributed by atoms with E-state index in [9.17, 15) is 0 Å². The van der Waals surface area contributed by atoms with E-state index in [1.807, 2.05) is 0 Å². The summed E-state index contributed by atoms with van der Waals surface area (Å²) in [5, 5.41) is 7.47. The Morgan fingerprint density at radius 2 is 2.56 bits per heavy atom. The molecule has 3 fully saturated rings. The van der Waals surface area contributed by atoms with E-state index >= 15 is 0 Å². The Hall–Kier alpha value is -0.870. The highest BCUT2D eigenvalue weighted by molar-refractivity contribution is 5.39. The Morgan fingerprint density at radius 3 is 3.25 bits per heavy atom. The molecule has 1 aromatic rings. The van der Waals surface area contributed by atoms with Gasteiger partial charge in [-0.05, 0) is 0 Å². The van der Waals surface area contributed by atoms with Crippen LogP contribution in [0.4, 0.5) is 5.88 Å². The molecule has 1 aromatic heterocycles. The Labute approximate surface area is 95.2 Å². The molecule has 1 N–H and O–H groups in total. The first-order valence-corrected chi connectivity index (χ1v) is 6.34. The Morgan fingerprint density at radius 1 is 1.56 bits per heavy atom. The summed E-state index contributed by atoms with van der Waals surface area (Å²) >= 11 is 0. The number of piperidine rings is 1. The summed E-state index contributed by atoms with van der Waals surface area (Å²) in [6.45, 7) is 4.85. The summed E-state index contributed by atoms with van der Waals surface area (Å²) in [6, 6.07) is 2.08. The summed E-state index contributed by atoms with van der Waals surface area (Å²) in [4.78, 5) is 0. The van der Waals surface area contributed by atoms with Crippen LogP contribution in [-0.2, 0) is 0 Å². The van der Waals surface area contributed by atoms with Gasteiger partial charge >= 0.3 is 5.88 Å². The number of hydrogen-bond donors (Lipinski definition) is 1. The van der Waals surface area contributed by atoms with Gasteiger partial charge in [0, 0.05) is 31.7 Å². The zero-order valence-corrected chi connectivity index (χ0v) is 9.48. The molecule has 0 radical (unpaired) electrons. The number of hydrogen-bond acceptors (Lipinski definition) is 3. The van der Waals surface area contributed by atoms with E-state index in [0.717, 1.165) is 22.8 Å². The Kier molecular flexibility index (Phi) is 1.65. The van der Waals surface area contributed by atoms with E-state index in [1.165, 1.54) is 38.9 Å². The SMILES string of the molecule is c1cc([N+]23CCC(CC24CCNC4)C3)on1. The lowest BCUT2D eigenvalue weighted by Gasteiger charge is -2.43. The van der Waals surface area contributed by atoms with Crippen LogP contribution in [-0.4, -0.2) is 36.9 Å². The maximum atomic E-state index is 5.52. The van der Waals surface area contributed by atoms with Crippen LogP contribution in [0.3, 0.4) is 0 Å². The standard InChI is InChI=1S/C12H18N3O/c1-4-14-16-11(1)15-6-2-10(8-15)7-12(15)3-5-13-9-12/h1,4,10,13H,2-3,5-9H2/q+1. The molecule has 4 heteroatoms. The number of quaternary nitrogens is 1. The van der Waals surface area contributed by atoms with Crippen LogP contribution in [0.25, 0.3) is 0 Å². The topological polar surface area (TPSA) is 38.1 Å². The van der Waals surface area contributed by atoms with Crippen molar-refractivity contribution in [2.24, 2.45) is 5.92 Å². The number of rotatable bonds is 1. The Balaban J connectivity index is 1.85. The summed E-state index contributed by atoms with van der Waals surface area (Å²) in [5.41, 5.74) is 0.419. The van der Waals surface area contributed by atoms with Crippen molar-refractivity contribution in [1.29, 1.82) is 0 Å². The maximum Gasteiger partial charge on any atom is 0.322 e. The highest BCUT2D eigenvalue weighted by Gasteiger charge is 2.65. The normalized spacial score (nSPS) is 45.9. The van der Waals surface area contributed by atoms with Crippen LogP contribution < -0.4 is 9.80 Å². The van der Waals surface area contributed by atoms with Gasteiger partial charge in [0.15, 0.2) is 0 Å². The number of nitrogens with one attached hydrogen (secondary N) is 1. The van der Waals surface area contributed by atoms with Crippen molar-refractivity contribution in [3.63, 3.8) is 0 Å². The van der Waals surface area contributed by atoms with Gasteiger partial charge in [0.05, 0.1) is 31.9 Å². The lowest BCUT2D eigenvalue weighted by molar-refractivity contribution is 0.124. The molecule has 3 saturated heterocycles. The monoisotopic (exact) mass is 220 g/mol. The zero-order chi connectivity index (χ0) is 10.6. The molecule has 4 nitrogen and oxygen atoms in total. The third kappa shape index (κ3) is 0.908. The van der Waals surface area contributed by atoms with Crippen LogP contribution in [0.5, 0.6) is 0 Å². The molecule has 86 valence electrons. The molecule has 4 rings (SSSR count). The van der Waals surface area contributed by atoms with E-state index in [4.69, 9.17) is 4.52 Å². The first kappa shape index (κ1) is 9.19. The molecule has 3 aliphatic heterocycles. The predicted octanol–water partition coefficient (Wildman–Crippen LogP) is 1.14. The summed E-state index contributed by atoms with van der Waals surface area (Å²) in [6.07, 6.45) is 5.83. The average Bonchev–Trinajstić information content (AvgIpc) is 3.00. The molecule has 4 heterocycles. The van der Waals surface area contributed by atoms with Crippen LogP contribution in [0, 0.1) is 5.92 Å². The van der Waals surface area contributed by atoms with Gasteiger partial charge in [-0.25, -0.2) is 0 Å². The zero-order valence-electron chi connectivity index (χ0n) is 9.48. The summed E-state index contributed by atoms with van der Waals surface area (Å²) < 4.78 is 6.59. The minimum atomic E-state index is 0.419. The van der Waals surface area contributed by atoms with E-state index in [-0.39, 0.29) is 0 Å². The molecule has 3 aliphatic rings. The third-order valence-corrected chi connectivity index (χ3v) is 5.13. The average molecular weight is 220 g/mol. The van der Waals surface area contributed by atoms with E-state index in [2.05, 4.69) is 16.5 Å². The fourth-order valence-electron chi connectivity index (χ4n) is 4.47. The fourth-order valence-corrected chi connectivity index (χ4v) is 4.47. The molecule has 0 amide bonds. The number of aromatic nitrogens is 1. The molecule has 3 unspecified atom stereocenters. The molecule has 2 bridgehead atoms. The second-order valence-electron chi connectivity index (χ2n) is 5.73. The number of fused-ring (bicyclic) bond motifs is 3. The second kappa shape index (κ2) is 2.87. The third-order valence-electron chi connectivity index (χ3n) is 5.13. The van der Waals surface area contributed by atoms with Crippen LogP contribution in [0.2, 0.25) is 0 Å². The minimum absolute atomic E-state index is 0.419. The van der Waals surface area contributed by atoms with Crippen molar-refractivity contribution >= 4 is 5.88 Å². The van der Waals surface area contributed by atoms with Crippen LogP contribution >= 0.6 is 0 Å². The van der Waals surface area contributed by atoms with Crippen molar-refractivity contribution in [3.8, 4) is 0 Å². The molecule has 0 aliphatic carbocycles. The first-order chi connectivity index (χ1) is 7.85. The van der Waals surface area contributed by atoms with E-state index < -0.39 is 0 Å². The van der Waals surface area contributed by atoms with Crippen molar-refractivity contribution in [3.05, 3.63) is 12.3 Å². The van der Waals surface area contributed by atoms with Gasteiger partial charge in [0.2, 0.25) is 0 Å². The van der Waals surface area contributed by atoms with Gasteiger partial charge < -0.3 is 9.84 Å². The fraction of sp³-hybridized carbons (Fsp3) is 0.750. The summed E-state index contributed by atoms with van der Waals surface area (Å²) in [5.74, 6) is 2.01. The van der Waals surface area contributed by atoms with Gasteiger partial charge in [0.1, 0.15) is 5.54 Å². The van der Waals surface area contributed by atoms with Crippen LogP contribution in [0.1, 0.15) is 19.3 Å². The quantitative estimate of drug-likeness (QED) is 0.721. The maximum absolute atomic E-state index is 5.52. The highest BCUT2D eigenvalue weighted by Crippen LogP contribution is 2.52. The number of nitrogens with zero attached hydrogens (tertiary/aromatic N) is 2. The predicted molar refractivity (Wildman–Crippen MR) is 61.0 cm³/mol. The van der Waals surface area contributed by atoms with Crippen LogP contribution in [0.15, 0.2) is 16.8 Å². The van der Waals surface area contributed by atoms with Gasteiger partial charge in [0.25, 0.3) is 0 Å². The highest BCUT2D eigenvalue weighted by atomic mass is 16.5. The van der Waals surface area contributed by atoms with Gasteiger partial charge in [-0.1, -0.05) is 5.16 Å². The second-order valence-corrected chi connectivity index (χ2v) is 5.73. The molecule has 0 saturated carbocycles. The van der Waals surface area contributed by atoms with Crippen molar-refractivity contribution < 1.29 is 4.52 Å². The first-order valence-electron chi connectivity index (χ1n) is 6.34. The van der Waals surface area contributed by atoms with Gasteiger partial charge in [-0.2, -0.15) is 0 Å². The lowest BCUT2D eigenvalue weighted by Crippen LogP contribution is -2.63.